The Morgan fingerprint density at radius 3 is 2.22 bits per heavy atom. The van der Waals surface area contributed by atoms with Gasteiger partial charge in [-0.25, -0.2) is 0 Å². The zero-order chi connectivity index (χ0) is 14.0. The molecule has 0 heterocycles. The summed E-state index contributed by atoms with van der Waals surface area (Å²) in [6.07, 6.45) is -4.62. The third-order valence-corrected chi connectivity index (χ3v) is 4.41. The number of alkyl halides is 3. The second-order valence-electron chi connectivity index (χ2n) is 3.78. The highest BCUT2D eigenvalue weighted by Crippen LogP contribution is 2.50. The third kappa shape index (κ3) is 3.57. The van der Waals surface area contributed by atoms with Gasteiger partial charge in [0.05, 0.1) is 11.7 Å². The van der Waals surface area contributed by atoms with Crippen LogP contribution in [0.4, 0.5) is 13.2 Å². The topological polar surface area (TPSA) is 35.5 Å². The molecule has 0 bridgehead atoms. The molecule has 0 amide bonds. The molecule has 0 saturated carbocycles. The average molecular weight is 282 g/mol. The molecule has 1 rings (SSSR count). The third-order valence-electron chi connectivity index (χ3n) is 2.54. The Hall–Kier alpha value is -0.840. The Labute approximate surface area is 103 Å². The van der Waals surface area contributed by atoms with Crippen molar-refractivity contribution in [2.75, 3.05) is 14.2 Å². The average Bonchev–Trinajstić information content (AvgIpc) is 2.30. The lowest BCUT2D eigenvalue weighted by atomic mass is 10.1. The van der Waals surface area contributed by atoms with E-state index in [1.807, 2.05) is 0 Å². The summed E-state index contributed by atoms with van der Waals surface area (Å²) in [5, 5.41) is 0. The van der Waals surface area contributed by atoms with Crippen molar-refractivity contribution in [3.8, 4) is 0 Å². The van der Waals surface area contributed by atoms with Gasteiger partial charge in [-0.15, -0.1) is 0 Å². The van der Waals surface area contributed by atoms with Gasteiger partial charge in [0.2, 0.25) is 0 Å². The standard InChI is InChI=1S/C11H14F3O3P/c1-8-4-5-9(6-10(8)11(12,13)14)7-18(15,16-2)17-3/h4-6H,7H2,1-3H3. The molecule has 0 radical (unpaired) electrons. The fourth-order valence-electron chi connectivity index (χ4n) is 1.50. The normalized spacial score (nSPS) is 12.8. The van der Waals surface area contributed by atoms with Crippen molar-refractivity contribution in [1.29, 1.82) is 0 Å². The highest BCUT2D eigenvalue weighted by molar-refractivity contribution is 7.52. The molecule has 0 aliphatic rings. The molecule has 7 heteroatoms. The number of hydrogen-bond donors (Lipinski definition) is 0. The summed E-state index contributed by atoms with van der Waals surface area (Å²) in [6, 6.07) is 3.79. The van der Waals surface area contributed by atoms with Gasteiger partial charge in [0, 0.05) is 14.2 Å². The summed E-state index contributed by atoms with van der Waals surface area (Å²) in [6.45, 7) is 1.37. The first-order valence-corrected chi connectivity index (χ1v) is 6.82. The van der Waals surface area contributed by atoms with Crippen molar-refractivity contribution in [2.45, 2.75) is 19.3 Å². The number of hydrogen-bond acceptors (Lipinski definition) is 3. The Balaban J connectivity index is 3.10. The first-order chi connectivity index (χ1) is 8.22. The molecule has 0 aliphatic carbocycles. The lowest BCUT2D eigenvalue weighted by Gasteiger charge is -2.16. The van der Waals surface area contributed by atoms with Crippen LogP contribution in [-0.2, 0) is 26.0 Å². The monoisotopic (exact) mass is 282 g/mol. The molecule has 0 aromatic heterocycles. The molecule has 1 aromatic carbocycles. The van der Waals surface area contributed by atoms with Gasteiger partial charge >= 0.3 is 13.8 Å². The predicted molar refractivity (Wildman–Crippen MR) is 61.5 cm³/mol. The quantitative estimate of drug-likeness (QED) is 0.783. The van der Waals surface area contributed by atoms with Gasteiger partial charge in [-0.2, -0.15) is 13.2 Å². The van der Waals surface area contributed by atoms with Crippen LogP contribution < -0.4 is 0 Å². The van der Waals surface area contributed by atoms with E-state index in [2.05, 4.69) is 0 Å². The van der Waals surface area contributed by atoms with Gasteiger partial charge in [-0.3, -0.25) is 4.57 Å². The van der Waals surface area contributed by atoms with Crippen molar-refractivity contribution < 1.29 is 26.8 Å². The Morgan fingerprint density at radius 2 is 1.78 bits per heavy atom. The maximum Gasteiger partial charge on any atom is 0.416 e. The van der Waals surface area contributed by atoms with Crippen LogP contribution in [0.1, 0.15) is 16.7 Å². The molecule has 1 aromatic rings. The zero-order valence-corrected chi connectivity index (χ0v) is 11.1. The van der Waals surface area contributed by atoms with E-state index in [0.717, 1.165) is 6.07 Å². The van der Waals surface area contributed by atoms with Gasteiger partial charge in [0.1, 0.15) is 0 Å². The van der Waals surface area contributed by atoms with Crippen LogP contribution in [0.3, 0.4) is 0 Å². The molecule has 0 saturated heterocycles. The van der Waals surface area contributed by atoms with Crippen LogP contribution in [-0.4, -0.2) is 14.2 Å². The fourth-order valence-corrected chi connectivity index (χ4v) is 2.55. The maximum absolute atomic E-state index is 12.7. The van der Waals surface area contributed by atoms with E-state index in [1.165, 1.54) is 33.3 Å². The molecular weight excluding hydrogens is 268 g/mol. The predicted octanol–water partition coefficient (Wildman–Crippen LogP) is 4.00. The number of benzene rings is 1. The molecule has 18 heavy (non-hydrogen) atoms. The molecule has 102 valence electrons. The van der Waals surface area contributed by atoms with E-state index >= 15 is 0 Å². The van der Waals surface area contributed by atoms with Crippen molar-refractivity contribution >= 4 is 7.60 Å². The molecule has 0 spiro atoms. The highest BCUT2D eigenvalue weighted by Gasteiger charge is 2.33. The second kappa shape index (κ2) is 5.43. The largest absolute Gasteiger partial charge is 0.416 e. The summed E-state index contributed by atoms with van der Waals surface area (Å²) < 4.78 is 59.3. The molecule has 0 aliphatic heterocycles. The lowest BCUT2D eigenvalue weighted by molar-refractivity contribution is -0.138. The second-order valence-corrected chi connectivity index (χ2v) is 6.05. The minimum absolute atomic E-state index is 0.121. The van der Waals surface area contributed by atoms with Crippen molar-refractivity contribution in [3.05, 3.63) is 34.9 Å². The van der Waals surface area contributed by atoms with Crippen LogP contribution in [0.2, 0.25) is 0 Å². The van der Waals surface area contributed by atoms with Crippen LogP contribution in [0, 0.1) is 6.92 Å². The maximum atomic E-state index is 12.7. The summed E-state index contributed by atoms with van der Waals surface area (Å²) in [5.74, 6) is 0. The molecule has 3 nitrogen and oxygen atoms in total. The lowest BCUT2D eigenvalue weighted by Crippen LogP contribution is -2.08. The smallest absolute Gasteiger partial charge is 0.312 e. The summed E-state index contributed by atoms with van der Waals surface area (Å²) in [7, 11) is -0.963. The summed E-state index contributed by atoms with van der Waals surface area (Å²) >= 11 is 0. The van der Waals surface area contributed by atoms with Crippen LogP contribution in [0.25, 0.3) is 0 Å². The van der Waals surface area contributed by atoms with Gasteiger partial charge in [-0.05, 0) is 24.1 Å². The number of aryl methyl sites for hydroxylation is 1. The Bertz CT molecular complexity index is 463. The highest BCUT2D eigenvalue weighted by atomic mass is 31.2. The van der Waals surface area contributed by atoms with Gasteiger partial charge in [0.25, 0.3) is 0 Å². The van der Waals surface area contributed by atoms with Crippen molar-refractivity contribution in [3.63, 3.8) is 0 Å². The minimum Gasteiger partial charge on any atom is -0.312 e. The number of rotatable bonds is 4. The molecule has 0 N–H and O–H groups in total. The van der Waals surface area contributed by atoms with Crippen LogP contribution >= 0.6 is 7.60 Å². The van der Waals surface area contributed by atoms with E-state index in [0.29, 0.717) is 0 Å². The summed E-state index contributed by atoms with van der Waals surface area (Å²) in [5.41, 5.74) is -0.352. The molecule has 0 unspecified atom stereocenters. The van der Waals surface area contributed by atoms with E-state index in [9.17, 15) is 17.7 Å². The Morgan fingerprint density at radius 1 is 1.22 bits per heavy atom. The van der Waals surface area contributed by atoms with E-state index < -0.39 is 19.3 Å². The molecule has 0 fully saturated rings. The van der Waals surface area contributed by atoms with Crippen LogP contribution in [0.5, 0.6) is 0 Å². The van der Waals surface area contributed by atoms with Crippen molar-refractivity contribution in [2.24, 2.45) is 0 Å². The van der Waals surface area contributed by atoms with Gasteiger partial charge in [0.15, 0.2) is 0 Å². The first kappa shape index (κ1) is 15.2. The SMILES string of the molecule is COP(=O)(Cc1ccc(C)c(C(F)(F)F)c1)OC. The summed E-state index contributed by atoms with van der Waals surface area (Å²) in [4.78, 5) is 0. The molecular formula is C11H14F3O3P. The van der Waals surface area contributed by atoms with Gasteiger partial charge in [-0.1, -0.05) is 12.1 Å². The van der Waals surface area contributed by atoms with Gasteiger partial charge < -0.3 is 9.05 Å². The zero-order valence-electron chi connectivity index (χ0n) is 10.2. The van der Waals surface area contributed by atoms with E-state index in [1.54, 1.807) is 0 Å². The van der Waals surface area contributed by atoms with E-state index in [4.69, 9.17) is 9.05 Å². The van der Waals surface area contributed by atoms with Crippen molar-refractivity contribution in [1.82, 2.24) is 0 Å². The van der Waals surface area contributed by atoms with E-state index in [-0.39, 0.29) is 17.3 Å². The number of halogens is 3. The fraction of sp³-hybridized carbons (Fsp3) is 0.455. The first-order valence-electron chi connectivity index (χ1n) is 5.09. The Kier molecular flexibility index (Phi) is 4.59. The van der Waals surface area contributed by atoms with Crippen LogP contribution in [0.15, 0.2) is 18.2 Å². The minimum atomic E-state index is -4.43. The molecule has 0 atom stereocenters.